The van der Waals surface area contributed by atoms with Crippen molar-refractivity contribution in [1.82, 2.24) is 5.32 Å². The van der Waals surface area contributed by atoms with Gasteiger partial charge in [0.1, 0.15) is 18.3 Å². The van der Waals surface area contributed by atoms with Gasteiger partial charge in [-0.1, -0.05) is 0 Å². The molecule has 322 valence electrons. The molecule has 57 heavy (non-hydrogen) atoms. The number of rotatable bonds is 25. The molecule has 0 aromatic heterocycles. The SMILES string of the molecule is CNCC(O)C(O)C(O)C(O)CO.O=C(CCOCCOCCOCCOCCC(=O)Nc1c(I)cc(I)c(C(=O)O)c1I)Nc1c(I)cc(I)c(C(=O)O)c1I. The molecule has 0 heterocycles. The molecule has 0 aliphatic heterocycles. The van der Waals surface area contributed by atoms with Crippen molar-refractivity contribution in [3.8, 4) is 0 Å². The molecule has 10 N–H and O–H groups in total. The number of carbonyl (C=O) groups excluding carboxylic acids is 2. The van der Waals surface area contributed by atoms with E-state index in [4.69, 9.17) is 39.4 Å². The summed E-state index contributed by atoms with van der Waals surface area (Å²) in [7, 11) is 1.57. The molecule has 2 aromatic rings. The molecule has 2 amide bonds. The Morgan fingerprint density at radius 2 is 0.912 bits per heavy atom. The first-order chi connectivity index (χ1) is 26.9. The maximum Gasteiger partial charge on any atom is 0.337 e. The van der Waals surface area contributed by atoms with Crippen LogP contribution in [0.15, 0.2) is 12.1 Å². The smallest absolute Gasteiger partial charge is 0.337 e. The molecule has 18 nitrogen and oxygen atoms in total. The highest BCUT2D eigenvalue weighted by molar-refractivity contribution is 14.1. The van der Waals surface area contributed by atoms with Gasteiger partial charge in [-0.05, 0) is 155 Å². The van der Waals surface area contributed by atoms with Crippen LogP contribution >= 0.6 is 136 Å². The number of hydrogen-bond donors (Lipinski definition) is 10. The van der Waals surface area contributed by atoms with E-state index >= 15 is 0 Å². The predicted octanol–water partition coefficient (Wildman–Crippen LogP) is 2.78. The van der Waals surface area contributed by atoms with Crippen LogP contribution in [-0.4, -0.2) is 157 Å². The van der Waals surface area contributed by atoms with Gasteiger partial charge < -0.3 is 70.6 Å². The van der Waals surface area contributed by atoms with Crippen molar-refractivity contribution >= 4 is 171 Å². The lowest BCUT2D eigenvalue weighted by molar-refractivity contribution is -0.118. The number of aromatic carboxylic acids is 2. The normalized spacial score (nSPS) is 13.2. The van der Waals surface area contributed by atoms with Crippen LogP contribution in [0.1, 0.15) is 33.6 Å². The second kappa shape index (κ2) is 30.4. The second-order valence-electron chi connectivity index (χ2n) is 11.3. The number of amides is 2. The van der Waals surface area contributed by atoms with Gasteiger partial charge in [-0.15, -0.1) is 0 Å². The third kappa shape index (κ3) is 20.4. The number of aliphatic hydroxyl groups is 5. The number of benzene rings is 2. The molecular weight excluding hydrogens is 1440 g/mol. The van der Waals surface area contributed by atoms with E-state index in [0.29, 0.717) is 65.3 Å². The summed E-state index contributed by atoms with van der Waals surface area (Å²) in [6.07, 6.45) is -5.42. The Hall–Kier alpha value is 0.300. The van der Waals surface area contributed by atoms with E-state index in [1.165, 1.54) is 0 Å². The lowest BCUT2D eigenvalue weighted by atomic mass is 10.0. The number of carboxylic acids is 2. The van der Waals surface area contributed by atoms with Crippen LogP contribution in [0.4, 0.5) is 11.4 Å². The summed E-state index contributed by atoms with van der Waals surface area (Å²) >= 11 is 11.9. The number of ether oxygens (including phenoxy) is 4. The van der Waals surface area contributed by atoms with Crippen LogP contribution in [0.25, 0.3) is 0 Å². The molecule has 0 aliphatic rings. The molecule has 0 spiro atoms. The zero-order valence-corrected chi connectivity index (χ0v) is 43.1. The summed E-state index contributed by atoms with van der Waals surface area (Å²) in [5.41, 5.74) is 1.28. The zero-order chi connectivity index (χ0) is 43.2. The number of carboxylic acid groups (broad SMARTS) is 2. The van der Waals surface area contributed by atoms with Gasteiger partial charge in [0.25, 0.3) is 0 Å². The van der Waals surface area contributed by atoms with Gasteiger partial charge in [-0.25, -0.2) is 9.59 Å². The minimum absolute atomic E-state index is 0.0936. The van der Waals surface area contributed by atoms with Crippen LogP contribution in [0, 0.1) is 21.4 Å². The minimum atomic E-state index is -1.55. The fraction of sp³-hybridized carbons (Fsp3) is 0.515. The van der Waals surface area contributed by atoms with Crippen molar-refractivity contribution in [2.45, 2.75) is 37.3 Å². The van der Waals surface area contributed by atoms with Gasteiger partial charge in [0.2, 0.25) is 11.8 Å². The Labute approximate surface area is 410 Å². The highest BCUT2D eigenvalue weighted by Crippen LogP contribution is 2.33. The van der Waals surface area contributed by atoms with Gasteiger partial charge in [-0.2, -0.15) is 0 Å². The van der Waals surface area contributed by atoms with Gasteiger partial charge in [-0.3, -0.25) is 9.59 Å². The molecule has 2 aromatic carbocycles. The molecule has 4 unspecified atom stereocenters. The number of halogens is 6. The Bertz CT molecular complexity index is 1530. The van der Waals surface area contributed by atoms with Crippen LogP contribution in [0.3, 0.4) is 0 Å². The summed E-state index contributed by atoms with van der Waals surface area (Å²) in [4.78, 5) is 47.7. The average molecular weight is 1480 g/mol. The van der Waals surface area contributed by atoms with Crippen LogP contribution < -0.4 is 16.0 Å². The molecule has 0 saturated heterocycles. The highest BCUT2D eigenvalue weighted by atomic mass is 127. The number of aliphatic hydroxyl groups excluding tert-OH is 5. The Balaban J connectivity index is 0.00000106. The van der Waals surface area contributed by atoms with Gasteiger partial charge >= 0.3 is 11.9 Å². The standard InChI is InChI=1S/C26H26I6N2O10.C7H17NO5/c27-13-11-15(29)23(21(31)19(13)25(37)38)33-17(35)1-3-41-5-7-43-9-10-44-8-6-42-4-2-18(36)34-24-16(30)12-14(28)20(22(24)32)26(39)40;1-8-2-4(10)6(12)7(13)5(11)3-9/h11-12H,1-10H2,(H,33,35)(H,34,36)(H,37,38)(H,39,40);4-13H,2-3H2,1H3. The van der Waals surface area contributed by atoms with Gasteiger partial charge in [0, 0.05) is 20.8 Å². The summed E-state index contributed by atoms with van der Waals surface area (Å²) in [6.45, 7) is 1.79. The van der Waals surface area contributed by atoms with Crippen molar-refractivity contribution in [2.24, 2.45) is 0 Å². The lowest BCUT2D eigenvalue weighted by Gasteiger charge is -2.25. The summed E-state index contributed by atoms with van der Waals surface area (Å²) < 4.78 is 25.4. The summed E-state index contributed by atoms with van der Waals surface area (Å²) in [5, 5.41) is 71.9. The van der Waals surface area contributed by atoms with E-state index in [-0.39, 0.29) is 55.5 Å². The van der Waals surface area contributed by atoms with Crippen molar-refractivity contribution in [2.75, 3.05) is 83.7 Å². The molecule has 2 rings (SSSR count). The average Bonchev–Trinajstić information content (AvgIpc) is 3.14. The number of anilines is 2. The van der Waals surface area contributed by atoms with E-state index in [2.05, 4.69) is 61.1 Å². The summed E-state index contributed by atoms with van der Waals surface area (Å²) in [5.74, 6) is -2.65. The number of nitrogens with one attached hydrogen (secondary N) is 3. The predicted molar refractivity (Wildman–Crippen MR) is 258 cm³/mol. The largest absolute Gasteiger partial charge is 0.478 e. The summed E-state index contributed by atoms with van der Waals surface area (Å²) in [6, 6.07) is 3.42. The van der Waals surface area contributed by atoms with Crippen molar-refractivity contribution in [3.63, 3.8) is 0 Å². The van der Waals surface area contributed by atoms with Gasteiger partial charge in [0.15, 0.2) is 0 Å². The fourth-order valence-corrected chi connectivity index (χ4v) is 12.4. The monoisotopic (exact) mass is 1480 g/mol. The van der Waals surface area contributed by atoms with Crippen LogP contribution in [-0.2, 0) is 28.5 Å². The third-order valence-corrected chi connectivity index (χ3v) is 12.7. The number of carbonyl (C=O) groups is 4. The van der Waals surface area contributed by atoms with E-state index < -0.39 is 43.0 Å². The Morgan fingerprint density at radius 1 is 0.579 bits per heavy atom. The molecule has 24 heteroatoms. The topological polar surface area (TPSA) is 283 Å². The molecule has 4 atom stereocenters. The van der Waals surface area contributed by atoms with E-state index in [0.717, 1.165) is 7.14 Å². The lowest BCUT2D eigenvalue weighted by Crippen LogP contribution is -2.48. The maximum atomic E-state index is 12.3. The molecule has 0 bridgehead atoms. The first-order valence-electron chi connectivity index (χ1n) is 16.6. The van der Waals surface area contributed by atoms with Gasteiger partial charge in [0.05, 0.1) is 108 Å². The molecule has 0 fully saturated rings. The number of likely N-dealkylation sites (N-methyl/N-ethyl adjacent to an activating group) is 1. The van der Waals surface area contributed by atoms with Crippen LogP contribution in [0.2, 0.25) is 0 Å². The zero-order valence-electron chi connectivity index (χ0n) is 30.1. The first kappa shape index (κ1) is 55.3. The quantitative estimate of drug-likeness (QED) is 0.0506. The van der Waals surface area contributed by atoms with Crippen molar-refractivity contribution < 1.29 is 73.9 Å². The third-order valence-electron chi connectivity index (χ3n) is 7.10. The second-order valence-corrected chi connectivity index (χ2v) is 18.1. The Morgan fingerprint density at radius 3 is 1.23 bits per heavy atom. The van der Waals surface area contributed by atoms with E-state index in [1.807, 2.05) is 90.4 Å². The molecular formula is C33H43I6N3O15. The number of hydrogen-bond acceptors (Lipinski definition) is 14. The van der Waals surface area contributed by atoms with E-state index in [9.17, 15) is 34.5 Å². The van der Waals surface area contributed by atoms with Crippen LogP contribution in [0.5, 0.6) is 0 Å². The Kier molecular flexibility index (Phi) is 29.5. The van der Waals surface area contributed by atoms with E-state index in [1.54, 1.807) is 19.2 Å². The molecule has 0 saturated carbocycles. The first-order valence-corrected chi connectivity index (χ1v) is 23.1. The maximum absolute atomic E-state index is 12.3. The van der Waals surface area contributed by atoms with Crippen molar-refractivity contribution in [1.29, 1.82) is 0 Å². The highest BCUT2D eigenvalue weighted by Gasteiger charge is 2.29. The molecule has 0 radical (unpaired) electrons. The van der Waals surface area contributed by atoms with Crippen molar-refractivity contribution in [3.05, 3.63) is 44.7 Å². The minimum Gasteiger partial charge on any atom is -0.478 e. The fourth-order valence-electron chi connectivity index (χ4n) is 4.19. The molecule has 0 aliphatic carbocycles.